The summed E-state index contributed by atoms with van der Waals surface area (Å²) in [5.41, 5.74) is 5.06. The number of carbonyl (C=O) groups excluding carboxylic acids is 3. The van der Waals surface area contributed by atoms with E-state index < -0.39 is 17.8 Å². The first-order valence-electron chi connectivity index (χ1n) is 10.9. The van der Waals surface area contributed by atoms with Crippen molar-refractivity contribution in [3.8, 4) is 5.69 Å². The van der Waals surface area contributed by atoms with Gasteiger partial charge in [0.25, 0.3) is 11.8 Å². The van der Waals surface area contributed by atoms with Crippen molar-refractivity contribution < 1.29 is 14.4 Å². The molecular formula is C27H26ClN3O3. The summed E-state index contributed by atoms with van der Waals surface area (Å²) in [7, 11) is 0. The van der Waals surface area contributed by atoms with Gasteiger partial charge >= 0.3 is 6.03 Å². The normalized spacial score (nSPS) is 15.8. The predicted octanol–water partition coefficient (Wildman–Crippen LogP) is 5.71. The topological polar surface area (TPSA) is 71.4 Å². The molecule has 1 aliphatic heterocycles. The van der Waals surface area contributed by atoms with Gasteiger partial charge in [-0.3, -0.25) is 14.9 Å². The van der Waals surface area contributed by atoms with E-state index in [2.05, 4.69) is 54.9 Å². The summed E-state index contributed by atoms with van der Waals surface area (Å²) in [6.45, 7) is 10.4. The van der Waals surface area contributed by atoms with Crippen LogP contribution in [0.25, 0.3) is 11.8 Å². The van der Waals surface area contributed by atoms with Crippen molar-refractivity contribution in [3.63, 3.8) is 0 Å². The van der Waals surface area contributed by atoms with E-state index in [9.17, 15) is 14.4 Å². The molecule has 1 aromatic heterocycles. The number of hydrogen-bond acceptors (Lipinski definition) is 3. The molecule has 0 unspecified atom stereocenters. The summed E-state index contributed by atoms with van der Waals surface area (Å²) >= 11 is 5.93. The van der Waals surface area contributed by atoms with Crippen molar-refractivity contribution in [1.29, 1.82) is 0 Å². The smallest absolute Gasteiger partial charge is 0.318 e. The molecule has 2 aromatic carbocycles. The van der Waals surface area contributed by atoms with Crippen LogP contribution < -0.4 is 10.2 Å². The van der Waals surface area contributed by atoms with Crippen molar-refractivity contribution >= 4 is 41.2 Å². The number of anilines is 1. The Hall–Kier alpha value is -3.64. The summed E-state index contributed by atoms with van der Waals surface area (Å²) in [5.74, 6) is -1.41. The molecule has 0 spiro atoms. The van der Waals surface area contributed by atoms with Crippen LogP contribution in [0, 0.1) is 13.8 Å². The van der Waals surface area contributed by atoms with E-state index >= 15 is 0 Å². The highest BCUT2D eigenvalue weighted by Crippen LogP contribution is 2.28. The molecule has 4 amide bonds. The van der Waals surface area contributed by atoms with Gasteiger partial charge in [0, 0.05) is 22.1 Å². The second-order valence-corrected chi connectivity index (χ2v) is 9.83. The minimum atomic E-state index is -0.793. The first kappa shape index (κ1) is 23.5. The van der Waals surface area contributed by atoms with Crippen molar-refractivity contribution in [2.24, 2.45) is 0 Å². The van der Waals surface area contributed by atoms with Crippen molar-refractivity contribution in [3.05, 3.63) is 87.7 Å². The number of urea groups is 1. The van der Waals surface area contributed by atoms with E-state index in [1.54, 1.807) is 24.3 Å². The van der Waals surface area contributed by atoms with E-state index in [1.807, 2.05) is 19.9 Å². The largest absolute Gasteiger partial charge is 0.335 e. The Bertz CT molecular complexity index is 1330. The summed E-state index contributed by atoms with van der Waals surface area (Å²) in [6.07, 6.45) is 1.54. The highest BCUT2D eigenvalue weighted by atomic mass is 35.5. The molecule has 1 saturated heterocycles. The second kappa shape index (κ2) is 8.61. The molecule has 0 atom stereocenters. The number of rotatable bonds is 3. The Morgan fingerprint density at radius 2 is 1.47 bits per heavy atom. The van der Waals surface area contributed by atoms with E-state index in [-0.39, 0.29) is 11.0 Å². The average molecular weight is 476 g/mol. The van der Waals surface area contributed by atoms with E-state index in [0.717, 1.165) is 27.5 Å². The third kappa shape index (κ3) is 4.29. The number of amides is 4. The van der Waals surface area contributed by atoms with Gasteiger partial charge in [0.15, 0.2) is 0 Å². The monoisotopic (exact) mass is 475 g/mol. The summed E-state index contributed by atoms with van der Waals surface area (Å²) in [5, 5.41) is 2.73. The summed E-state index contributed by atoms with van der Waals surface area (Å²) in [6, 6.07) is 15.8. The van der Waals surface area contributed by atoms with Gasteiger partial charge in [-0.1, -0.05) is 44.5 Å². The van der Waals surface area contributed by atoms with E-state index in [0.29, 0.717) is 10.7 Å². The zero-order chi connectivity index (χ0) is 24.8. The molecule has 0 aliphatic carbocycles. The third-order valence-corrected chi connectivity index (χ3v) is 6.20. The molecule has 174 valence electrons. The third-order valence-electron chi connectivity index (χ3n) is 5.95. The van der Waals surface area contributed by atoms with Gasteiger partial charge in [-0.05, 0) is 78.9 Å². The molecular weight excluding hydrogens is 450 g/mol. The standard InChI is InChI=1S/C27H26ClN3O3/c1-16-14-18(17(2)30(16)21-10-6-19(7-11-21)27(3,4)5)15-23-24(32)29-26(34)31(25(23)33)22-12-8-20(28)9-13-22/h6-15H,1-5H3,(H,29,32,34)/b23-15+. The average Bonchev–Trinajstić information content (AvgIpc) is 3.04. The van der Waals surface area contributed by atoms with E-state index in [1.165, 1.54) is 11.6 Å². The Morgan fingerprint density at radius 3 is 2.06 bits per heavy atom. The maximum absolute atomic E-state index is 13.2. The van der Waals surface area contributed by atoms with Crippen LogP contribution in [0.3, 0.4) is 0 Å². The highest BCUT2D eigenvalue weighted by Gasteiger charge is 2.37. The first-order chi connectivity index (χ1) is 16.0. The number of nitrogens with one attached hydrogen (secondary N) is 1. The molecule has 34 heavy (non-hydrogen) atoms. The lowest BCUT2D eigenvalue weighted by Crippen LogP contribution is -2.54. The van der Waals surface area contributed by atoms with Gasteiger partial charge in [-0.25, -0.2) is 9.69 Å². The first-order valence-corrected chi connectivity index (χ1v) is 11.3. The lowest BCUT2D eigenvalue weighted by Gasteiger charge is -2.26. The van der Waals surface area contributed by atoms with Crippen LogP contribution in [0.4, 0.5) is 10.5 Å². The molecule has 0 radical (unpaired) electrons. The minimum Gasteiger partial charge on any atom is -0.318 e. The lowest BCUT2D eigenvalue weighted by molar-refractivity contribution is -0.122. The van der Waals surface area contributed by atoms with Crippen LogP contribution >= 0.6 is 11.6 Å². The maximum atomic E-state index is 13.2. The number of aryl methyl sites for hydroxylation is 1. The number of nitrogens with zero attached hydrogens (tertiary/aromatic N) is 2. The van der Waals surface area contributed by atoms with Crippen LogP contribution in [0.1, 0.15) is 43.3 Å². The fourth-order valence-corrected chi connectivity index (χ4v) is 4.21. The van der Waals surface area contributed by atoms with Crippen molar-refractivity contribution in [2.45, 2.75) is 40.0 Å². The summed E-state index contributed by atoms with van der Waals surface area (Å²) in [4.78, 5) is 39.1. The molecule has 1 aliphatic rings. The van der Waals surface area contributed by atoms with Crippen LogP contribution in [0.5, 0.6) is 0 Å². The molecule has 0 saturated carbocycles. The Morgan fingerprint density at radius 1 is 0.882 bits per heavy atom. The molecule has 1 N–H and O–H groups in total. The number of benzene rings is 2. The van der Waals surface area contributed by atoms with Crippen molar-refractivity contribution in [2.75, 3.05) is 4.90 Å². The lowest BCUT2D eigenvalue weighted by atomic mass is 9.87. The predicted molar refractivity (Wildman–Crippen MR) is 134 cm³/mol. The minimum absolute atomic E-state index is 0.0526. The molecule has 7 heteroatoms. The van der Waals surface area contributed by atoms with Gasteiger partial charge in [0.1, 0.15) is 5.57 Å². The highest BCUT2D eigenvalue weighted by molar-refractivity contribution is 6.39. The number of barbiturate groups is 1. The van der Waals surface area contributed by atoms with Gasteiger partial charge in [0.05, 0.1) is 5.69 Å². The molecule has 1 fully saturated rings. The van der Waals surface area contributed by atoms with Crippen LogP contribution in [0.2, 0.25) is 5.02 Å². The summed E-state index contributed by atoms with van der Waals surface area (Å²) < 4.78 is 2.08. The number of halogens is 1. The molecule has 2 heterocycles. The SMILES string of the molecule is Cc1cc(/C=C2\C(=O)NC(=O)N(c3ccc(Cl)cc3)C2=O)c(C)n1-c1ccc(C(C)(C)C)cc1. The van der Waals surface area contributed by atoms with E-state index in [4.69, 9.17) is 11.6 Å². The molecule has 3 aromatic rings. The van der Waals surface area contributed by atoms with Crippen LogP contribution in [-0.2, 0) is 15.0 Å². The number of hydrogen-bond donors (Lipinski definition) is 1. The van der Waals surface area contributed by atoms with Gasteiger partial charge in [-0.2, -0.15) is 0 Å². The van der Waals surface area contributed by atoms with Crippen LogP contribution in [-0.4, -0.2) is 22.4 Å². The van der Waals surface area contributed by atoms with Gasteiger partial charge in [-0.15, -0.1) is 0 Å². The van der Waals surface area contributed by atoms with Gasteiger partial charge in [0.2, 0.25) is 0 Å². The fourth-order valence-electron chi connectivity index (χ4n) is 4.08. The van der Waals surface area contributed by atoms with Crippen LogP contribution in [0.15, 0.2) is 60.2 Å². The quantitative estimate of drug-likeness (QED) is 0.389. The zero-order valence-corrected chi connectivity index (χ0v) is 20.5. The number of imide groups is 2. The Balaban J connectivity index is 1.72. The molecule has 0 bridgehead atoms. The van der Waals surface area contributed by atoms with Gasteiger partial charge < -0.3 is 4.57 Å². The molecule has 4 rings (SSSR count). The van der Waals surface area contributed by atoms with Crippen molar-refractivity contribution in [1.82, 2.24) is 9.88 Å². The number of aromatic nitrogens is 1. The Labute approximate surface area is 203 Å². The fraction of sp³-hybridized carbons (Fsp3) is 0.222. The maximum Gasteiger partial charge on any atom is 0.335 e. The number of carbonyl (C=O) groups is 3. The zero-order valence-electron chi connectivity index (χ0n) is 19.8. The second-order valence-electron chi connectivity index (χ2n) is 9.39. The Kier molecular flexibility index (Phi) is 5.96. The molecule has 6 nitrogen and oxygen atoms in total.